The molecular formula is C14H13NOS2. The number of rotatable bonds is 2. The molecule has 0 saturated carbocycles. The van der Waals surface area contributed by atoms with Gasteiger partial charge in [0.2, 0.25) is 5.78 Å². The number of carbonyl (C=O) groups is 1. The van der Waals surface area contributed by atoms with E-state index in [1.807, 2.05) is 24.8 Å². The predicted molar refractivity (Wildman–Crippen MR) is 76.6 cm³/mol. The van der Waals surface area contributed by atoms with Crippen molar-refractivity contribution in [3.05, 3.63) is 51.0 Å². The molecule has 2 aromatic heterocycles. The molecule has 1 aliphatic rings. The zero-order chi connectivity index (χ0) is 12.5. The van der Waals surface area contributed by atoms with E-state index < -0.39 is 0 Å². The third-order valence-electron chi connectivity index (χ3n) is 2.99. The van der Waals surface area contributed by atoms with Crippen molar-refractivity contribution in [3.63, 3.8) is 0 Å². The topological polar surface area (TPSA) is 30.0 Å². The van der Waals surface area contributed by atoms with Gasteiger partial charge in [-0.1, -0.05) is 0 Å². The number of nitrogens with zero attached hydrogens (tertiary/aromatic N) is 1. The first-order chi connectivity index (χ1) is 8.74. The molecule has 18 heavy (non-hydrogen) atoms. The second kappa shape index (κ2) is 4.86. The van der Waals surface area contributed by atoms with Crippen LogP contribution in [0.3, 0.4) is 0 Å². The number of aromatic nitrogens is 1. The van der Waals surface area contributed by atoms with E-state index in [2.05, 4.69) is 11.1 Å². The maximum absolute atomic E-state index is 12.4. The highest BCUT2D eigenvalue weighted by Gasteiger charge is 2.18. The molecule has 0 amide bonds. The summed E-state index contributed by atoms with van der Waals surface area (Å²) in [7, 11) is 0. The number of fused-ring (bicyclic) bond motifs is 1. The van der Waals surface area contributed by atoms with Gasteiger partial charge in [-0.05, 0) is 42.4 Å². The first-order valence-electron chi connectivity index (χ1n) is 5.90. The van der Waals surface area contributed by atoms with Gasteiger partial charge in [0, 0.05) is 28.6 Å². The highest BCUT2D eigenvalue weighted by molar-refractivity contribution is 7.98. The van der Waals surface area contributed by atoms with Crippen molar-refractivity contribution in [1.82, 2.24) is 4.98 Å². The monoisotopic (exact) mass is 275 g/mol. The van der Waals surface area contributed by atoms with Crippen LogP contribution in [0.1, 0.15) is 31.2 Å². The van der Waals surface area contributed by atoms with Crippen molar-refractivity contribution in [3.8, 4) is 0 Å². The Balaban J connectivity index is 1.95. The summed E-state index contributed by atoms with van der Waals surface area (Å²) < 4.78 is 0. The Hall–Kier alpha value is -1.13. The first kappa shape index (κ1) is 11.9. The molecule has 0 radical (unpaired) electrons. The van der Waals surface area contributed by atoms with Crippen LogP contribution in [-0.4, -0.2) is 16.5 Å². The molecule has 0 fully saturated rings. The van der Waals surface area contributed by atoms with Crippen LogP contribution in [0, 0.1) is 6.92 Å². The fourth-order valence-corrected chi connectivity index (χ4v) is 4.41. The van der Waals surface area contributed by atoms with Crippen molar-refractivity contribution in [2.45, 2.75) is 19.1 Å². The molecule has 0 bridgehead atoms. The summed E-state index contributed by atoms with van der Waals surface area (Å²) in [6.45, 7) is 1.96. The molecule has 3 rings (SSSR count). The third-order valence-corrected chi connectivity index (χ3v) is 5.23. The molecule has 0 unspecified atom stereocenters. The molecule has 0 atom stereocenters. The number of hydrogen-bond donors (Lipinski definition) is 0. The quantitative estimate of drug-likeness (QED) is 0.786. The van der Waals surface area contributed by atoms with Crippen LogP contribution >= 0.6 is 23.1 Å². The molecule has 2 aromatic rings. The van der Waals surface area contributed by atoms with Gasteiger partial charge >= 0.3 is 0 Å². The Morgan fingerprint density at radius 3 is 3.00 bits per heavy atom. The van der Waals surface area contributed by atoms with Crippen LogP contribution in [0.25, 0.3) is 0 Å². The highest BCUT2D eigenvalue weighted by atomic mass is 32.2. The number of ketones is 1. The van der Waals surface area contributed by atoms with E-state index in [0.717, 1.165) is 22.6 Å². The Kier molecular flexibility index (Phi) is 3.22. The van der Waals surface area contributed by atoms with Crippen LogP contribution in [0.2, 0.25) is 0 Å². The van der Waals surface area contributed by atoms with E-state index >= 15 is 0 Å². The lowest BCUT2D eigenvalue weighted by Gasteiger charge is -2.08. The minimum atomic E-state index is 0.107. The molecule has 0 aliphatic carbocycles. The summed E-state index contributed by atoms with van der Waals surface area (Å²) in [4.78, 5) is 18.7. The standard InChI is InChI=1S/C14H13NOS2/c1-9-4-10(7-15-6-9)14(16)13-5-11-8-17-3-2-12(11)18-13/h4-7H,2-3,8H2,1H3. The van der Waals surface area contributed by atoms with E-state index in [4.69, 9.17) is 0 Å². The van der Waals surface area contributed by atoms with Gasteiger partial charge < -0.3 is 0 Å². The minimum Gasteiger partial charge on any atom is -0.288 e. The lowest BCUT2D eigenvalue weighted by Crippen LogP contribution is -1.99. The minimum absolute atomic E-state index is 0.107. The van der Waals surface area contributed by atoms with Gasteiger partial charge in [0.15, 0.2) is 0 Å². The smallest absolute Gasteiger partial charge is 0.204 e. The van der Waals surface area contributed by atoms with Crippen molar-refractivity contribution in [2.75, 3.05) is 5.75 Å². The molecule has 3 heterocycles. The van der Waals surface area contributed by atoms with E-state index in [1.54, 1.807) is 23.7 Å². The average molecular weight is 275 g/mol. The van der Waals surface area contributed by atoms with Crippen molar-refractivity contribution < 1.29 is 4.79 Å². The van der Waals surface area contributed by atoms with E-state index in [1.165, 1.54) is 16.2 Å². The molecule has 0 aromatic carbocycles. The lowest BCUT2D eigenvalue weighted by atomic mass is 10.1. The van der Waals surface area contributed by atoms with Crippen molar-refractivity contribution in [2.24, 2.45) is 0 Å². The van der Waals surface area contributed by atoms with Crippen LogP contribution in [-0.2, 0) is 12.2 Å². The Morgan fingerprint density at radius 2 is 2.22 bits per heavy atom. The molecule has 92 valence electrons. The first-order valence-corrected chi connectivity index (χ1v) is 7.87. The van der Waals surface area contributed by atoms with E-state index in [-0.39, 0.29) is 5.78 Å². The summed E-state index contributed by atoms with van der Waals surface area (Å²) in [5.41, 5.74) is 3.07. The number of hydrogen-bond acceptors (Lipinski definition) is 4. The van der Waals surface area contributed by atoms with E-state index in [9.17, 15) is 4.79 Å². The SMILES string of the molecule is Cc1cncc(C(=O)c2cc3c(s2)CCSC3)c1. The molecule has 0 spiro atoms. The summed E-state index contributed by atoms with van der Waals surface area (Å²) in [6.07, 6.45) is 4.53. The summed E-state index contributed by atoms with van der Waals surface area (Å²) in [5.74, 6) is 2.33. The third kappa shape index (κ3) is 2.22. The van der Waals surface area contributed by atoms with Crippen LogP contribution in [0.5, 0.6) is 0 Å². The molecule has 4 heteroatoms. The number of thiophene rings is 1. The van der Waals surface area contributed by atoms with Crippen LogP contribution < -0.4 is 0 Å². The second-order valence-electron chi connectivity index (χ2n) is 4.44. The van der Waals surface area contributed by atoms with Crippen molar-refractivity contribution >= 4 is 28.9 Å². The van der Waals surface area contributed by atoms with Crippen molar-refractivity contribution in [1.29, 1.82) is 0 Å². The Labute approximate surface area is 114 Å². The van der Waals surface area contributed by atoms with Gasteiger partial charge in [-0.25, -0.2) is 0 Å². The van der Waals surface area contributed by atoms with Gasteiger partial charge in [-0.3, -0.25) is 9.78 Å². The number of aryl methyl sites for hydroxylation is 2. The Morgan fingerprint density at radius 1 is 1.33 bits per heavy atom. The molecule has 0 saturated heterocycles. The normalized spacial score (nSPS) is 14.3. The number of thioether (sulfide) groups is 1. The second-order valence-corrected chi connectivity index (χ2v) is 6.68. The fourth-order valence-electron chi connectivity index (χ4n) is 2.08. The highest BCUT2D eigenvalue weighted by Crippen LogP contribution is 2.32. The summed E-state index contributed by atoms with van der Waals surface area (Å²) in [6, 6.07) is 3.97. The zero-order valence-electron chi connectivity index (χ0n) is 10.1. The molecule has 0 N–H and O–H groups in total. The van der Waals surface area contributed by atoms with E-state index in [0.29, 0.717) is 5.56 Å². The predicted octanol–water partition coefficient (Wildman–Crippen LogP) is 3.47. The van der Waals surface area contributed by atoms with Crippen LogP contribution in [0.15, 0.2) is 24.5 Å². The number of carbonyl (C=O) groups excluding carboxylic acids is 1. The largest absolute Gasteiger partial charge is 0.288 e. The summed E-state index contributed by atoms with van der Waals surface area (Å²) >= 11 is 3.60. The van der Waals surface area contributed by atoms with Gasteiger partial charge in [-0.15, -0.1) is 11.3 Å². The van der Waals surface area contributed by atoms with Gasteiger partial charge in [-0.2, -0.15) is 11.8 Å². The maximum atomic E-state index is 12.4. The zero-order valence-corrected chi connectivity index (χ0v) is 11.7. The average Bonchev–Trinajstić information content (AvgIpc) is 2.81. The molecule has 2 nitrogen and oxygen atoms in total. The summed E-state index contributed by atoms with van der Waals surface area (Å²) in [5, 5.41) is 0. The van der Waals surface area contributed by atoms with Crippen LogP contribution in [0.4, 0.5) is 0 Å². The lowest BCUT2D eigenvalue weighted by molar-refractivity contribution is 0.104. The maximum Gasteiger partial charge on any atom is 0.204 e. The molecular weight excluding hydrogens is 262 g/mol. The van der Waals surface area contributed by atoms with Gasteiger partial charge in [0.25, 0.3) is 0 Å². The Bertz CT molecular complexity index is 580. The number of pyridine rings is 1. The van der Waals surface area contributed by atoms with Gasteiger partial charge in [0.05, 0.1) is 4.88 Å². The fraction of sp³-hybridized carbons (Fsp3) is 0.286. The molecule has 1 aliphatic heterocycles. The van der Waals surface area contributed by atoms with Gasteiger partial charge in [0.1, 0.15) is 0 Å².